The van der Waals surface area contributed by atoms with Crippen molar-refractivity contribution in [3.8, 4) is 0 Å². The summed E-state index contributed by atoms with van der Waals surface area (Å²) in [5, 5.41) is 8.57. The predicted molar refractivity (Wildman–Crippen MR) is 55.2 cm³/mol. The number of aliphatic carboxylic acids is 1. The first-order valence-electron chi connectivity index (χ1n) is 3.02. The second kappa shape index (κ2) is 3.26. The minimum Gasteiger partial charge on any atom is -0.478 e. The van der Waals surface area contributed by atoms with Crippen LogP contribution in [0.4, 0.5) is 0 Å². The van der Waals surface area contributed by atoms with E-state index in [1.807, 2.05) is 6.08 Å². The van der Waals surface area contributed by atoms with Crippen LogP contribution in [0.3, 0.4) is 0 Å². The lowest BCUT2D eigenvalue weighted by molar-refractivity contribution is -0.132. The molecule has 1 unspecified atom stereocenters. The molecule has 1 atom stereocenters. The summed E-state index contributed by atoms with van der Waals surface area (Å²) in [5.41, 5.74) is 0.372. The molecular weight excluding hydrogens is 323 g/mol. The molecule has 0 amide bonds. The third-order valence-electron chi connectivity index (χ3n) is 1.35. The number of alkyl halides is 2. The van der Waals surface area contributed by atoms with Gasteiger partial charge in [0, 0.05) is 0 Å². The predicted octanol–water partition coefficient (Wildman–Crippen LogP) is 2.48. The standard InChI is InChI=1S/C7H6BrIO2/c8-7(9)3-1-5(2-4-7)6(10)11/h1-3H,4H2,(H,10,11). The number of carboxylic acid groups (broad SMARTS) is 1. The van der Waals surface area contributed by atoms with E-state index in [2.05, 4.69) is 38.5 Å². The van der Waals surface area contributed by atoms with E-state index in [4.69, 9.17) is 5.11 Å². The van der Waals surface area contributed by atoms with Crippen LogP contribution in [0.5, 0.6) is 0 Å². The van der Waals surface area contributed by atoms with E-state index in [-0.39, 0.29) is 2.33 Å². The highest BCUT2D eigenvalue weighted by molar-refractivity contribution is 14.1. The Kier molecular flexibility index (Phi) is 2.74. The molecule has 0 aliphatic heterocycles. The highest BCUT2D eigenvalue weighted by Gasteiger charge is 2.21. The normalized spacial score (nSPS) is 29.8. The van der Waals surface area contributed by atoms with E-state index in [1.54, 1.807) is 12.2 Å². The number of halogens is 2. The Hall–Kier alpha value is 0.160. The van der Waals surface area contributed by atoms with Crippen molar-refractivity contribution in [2.45, 2.75) is 8.75 Å². The molecule has 0 heterocycles. The van der Waals surface area contributed by atoms with Gasteiger partial charge in [-0.2, -0.15) is 0 Å². The van der Waals surface area contributed by atoms with Crippen molar-refractivity contribution in [3.05, 3.63) is 23.8 Å². The van der Waals surface area contributed by atoms with Crippen molar-refractivity contribution in [3.63, 3.8) is 0 Å². The Morgan fingerprint density at radius 3 is 2.82 bits per heavy atom. The number of hydrogen-bond acceptors (Lipinski definition) is 1. The summed E-state index contributed by atoms with van der Waals surface area (Å²) in [6.07, 6.45) is 5.89. The highest BCUT2D eigenvalue weighted by atomic mass is 127. The average molecular weight is 329 g/mol. The van der Waals surface area contributed by atoms with Gasteiger partial charge < -0.3 is 5.11 Å². The van der Waals surface area contributed by atoms with Crippen LogP contribution in [0.15, 0.2) is 23.8 Å². The number of carboxylic acids is 1. The zero-order chi connectivity index (χ0) is 8.48. The Bertz CT molecular complexity index is 243. The molecule has 0 aromatic carbocycles. The first-order valence-corrected chi connectivity index (χ1v) is 4.89. The molecule has 11 heavy (non-hydrogen) atoms. The SMILES string of the molecule is O=C(O)C1=CCC(Br)(I)C=C1. The minimum atomic E-state index is -0.861. The van der Waals surface area contributed by atoms with Gasteiger partial charge in [0.05, 0.1) is 7.90 Å². The maximum atomic E-state index is 10.4. The van der Waals surface area contributed by atoms with Crippen LogP contribution in [0.1, 0.15) is 6.42 Å². The summed E-state index contributed by atoms with van der Waals surface area (Å²) in [4.78, 5) is 10.4. The van der Waals surface area contributed by atoms with Gasteiger partial charge in [0.25, 0.3) is 0 Å². The van der Waals surface area contributed by atoms with Gasteiger partial charge in [-0.25, -0.2) is 4.79 Å². The molecule has 0 spiro atoms. The Morgan fingerprint density at radius 1 is 1.82 bits per heavy atom. The fourth-order valence-corrected chi connectivity index (χ4v) is 1.45. The van der Waals surface area contributed by atoms with E-state index < -0.39 is 5.97 Å². The molecule has 4 heteroatoms. The molecule has 0 fully saturated rings. The zero-order valence-corrected chi connectivity index (χ0v) is 9.29. The van der Waals surface area contributed by atoms with Crippen LogP contribution in [-0.4, -0.2) is 13.4 Å². The maximum Gasteiger partial charge on any atom is 0.335 e. The smallest absolute Gasteiger partial charge is 0.335 e. The van der Waals surface area contributed by atoms with E-state index in [9.17, 15) is 4.79 Å². The molecule has 0 aromatic rings. The third kappa shape index (κ3) is 2.59. The van der Waals surface area contributed by atoms with Gasteiger partial charge in [-0.1, -0.05) is 50.7 Å². The van der Waals surface area contributed by atoms with Crippen LogP contribution >= 0.6 is 38.5 Å². The van der Waals surface area contributed by atoms with Gasteiger partial charge in [-0.3, -0.25) is 0 Å². The van der Waals surface area contributed by atoms with Crippen LogP contribution < -0.4 is 0 Å². The second-order valence-electron chi connectivity index (χ2n) is 2.26. The topological polar surface area (TPSA) is 37.3 Å². The monoisotopic (exact) mass is 328 g/mol. The zero-order valence-electron chi connectivity index (χ0n) is 5.55. The molecule has 0 bridgehead atoms. The fourth-order valence-electron chi connectivity index (χ4n) is 0.752. The molecule has 1 rings (SSSR count). The Balaban J connectivity index is 2.75. The molecule has 60 valence electrons. The van der Waals surface area contributed by atoms with Crippen molar-refractivity contribution < 1.29 is 9.90 Å². The number of carbonyl (C=O) groups is 1. The first-order chi connectivity index (χ1) is 5.01. The molecule has 1 aliphatic rings. The van der Waals surface area contributed by atoms with Gasteiger partial charge in [0.1, 0.15) is 0 Å². The lowest BCUT2D eigenvalue weighted by Crippen LogP contribution is -2.11. The van der Waals surface area contributed by atoms with E-state index >= 15 is 0 Å². The van der Waals surface area contributed by atoms with Crippen molar-refractivity contribution >= 4 is 44.5 Å². The molecule has 0 radical (unpaired) electrons. The molecular formula is C7H6BrIO2. The van der Waals surface area contributed by atoms with Crippen LogP contribution in [0.25, 0.3) is 0 Å². The minimum absolute atomic E-state index is 0.0935. The number of hydrogen-bond donors (Lipinski definition) is 1. The number of rotatable bonds is 1. The average Bonchev–Trinajstić information content (AvgIpc) is 1.86. The van der Waals surface area contributed by atoms with Gasteiger partial charge in [-0.15, -0.1) is 0 Å². The highest BCUT2D eigenvalue weighted by Crippen LogP contribution is 2.36. The molecule has 0 saturated carbocycles. The van der Waals surface area contributed by atoms with E-state index in [0.717, 1.165) is 0 Å². The van der Waals surface area contributed by atoms with Crippen molar-refractivity contribution in [1.82, 2.24) is 0 Å². The van der Waals surface area contributed by atoms with Gasteiger partial charge in [0.2, 0.25) is 0 Å². The molecule has 1 aliphatic carbocycles. The first kappa shape index (κ1) is 9.25. The lowest BCUT2D eigenvalue weighted by atomic mass is 10.1. The van der Waals surface area contributed by atoms with Gasteiger partial charge >= 0.3 is 5.97 Å². The Labute approximate surface area is 86.6 Å². The summed E-state index contributed by atoms with van der Waals surface area (Å²) >= 11 is 5.65. The quantitative estimate of drug-likeness (QED) is 0.593. The van der Waals surface area contributed by atoms with Gasteiger partial charge in [-0.05, 0) is 12.5 Å². The second-order valence-corrected chi connectivity index (χ2v) is 7.09. The van der Waals surface area contributed by atoms with Crippen molar-refractivity contribution in [1.29, 1.82) is 0 Å². The summed E-state index contributed by atoms with van der Waals surface area (Å²) < 4.78 is -0.0935. The van der Waals surface area contributed by atoms with Crippen molar-refractivity contribution in [2.75, 3.05) is 0 Å². The van der Waals surface area contributed by atoms with Gasteiger partial charge in [0.15, 0.2) is 0 Å². The summed E-state index contributed by atoms with van der Waals surface area (Å²) in [5.74, 6) is -0.861. The molecule has 1 N–H and O–H groups in total. The van der Waals surface area contributed by atoms with Crippen LogP contribution in [-0.2, 0) is 4.79 Å². The summed E-state index contributed by atoms with van der Waals surface area (Å²) in [6.45, 7) is 0. The largest absolute Gasteiger partial charge is 0.478 e. The lowest BCUT2D eigenvalue weighted by Gasteiger charge is -2.16. The maximum absolute atomic E-state index is 10.4. The van der Waals surface area contributed by atoms with Crippen LogP contribution in [0.2, 0.25) is 0 Å². The number of allylic oxidation sites excluding steroid dienone is 2. The molecule has 0 saturated heterocycles. The van der Waals surface area contributed by atoms with Crippen LogP contribution in [0, 0.1) is 0 Å². The molecule has 2 nitrogen and oxygen atoms in total. The Morgan fingerprint density at radius 2 is 2.45 bits per heavy atom. The van der Waals surface area contributed by atoms with E-state index in [0.29, 0.717) is 12.0 Å². The van der Waals surface area contributed by atoms with Crippen molar-refractivity contribution in [2.24, 2.45) is 0 Å². The van der Waals surface area contributed by atoms with E-state index in [1.165, 1.54) is 0 Å². The fraction of sp³-hybridized carbons (Fsp3) is 0.286. The summed E-state index contributed by atoms with van der Waals surface area (Å²) in [7, 11) is 0. The molecule has 0 aromatic heterocycles. The summed E-state index contributed by atoms with van der Waals surface area (Å²) in [6, 6.07) is 0. The third-order valence-corrected chi connectivity index (χ3v) is 2.74.